The Kier molecular flexibility index (Phi) is 4.29. The molecule has 19 heavy (non-hydrogen) atoms. The average molecular weight is 297 g/mol. The van der Waals surface area contributed by atoms with Crippen LogP contribution in [0.1, 0.15) is 11.3 Å². The first-order chi connectivity index (χ1) is 9.04. The predicted octanol–water partition coefficient (Wildman–Crippen LogP) is 2.67. The lowest BCUT2D eigenvalue weighted by Gasteiger charge is -2.06. The van der Waals surface area contributed by atoms with Gasteiger partial charge in [0.15, 0.2) is 0 Å². The summed E-state index contributed by atoms with van der Waals surface area (Å²) in [6.45, 7) is 1.90. The number of rotatable bonds is 3. The van der Waals surface area contributed by atoms with Crippen molar-refractivity contribution in [2.45, 2.75) is 13.3 Å². The highest BCUT2D eigenvalue weighted by Crippen LogP contribution is 2.14. The van der Waals surface area contributed by atoms with Crippen LogP contribution in [0.3, 0.4) is 0 Å². The van der Waals surface area contributed by atoms with Crippen molar-refractivity contribution in [3.63, 3.8) is 0 Å². The molecule has 2 heterocycles. The van der Waals surface area contributed by atoms with Gasteiger partial charge in [-0.15, -0.1) is 0 Å². The molecule has 2 aromatic rings. The Labute approximate surface area is 120 Å². The van der Waals surface area contributed by atoms with Crippen molar-refractivity contribution in [1.82, 2.24) is 15.0 Å². The van der Waals surface area contributed by atoms with Crippen molar-refractivity contribution in [3.8, 4) is 0 Å². The third-order valence-electron chi connectivity index (χ3n) is 2.38. The summed E-state index contributed by atoms with van der Waals surface area (Å²) >= 11 is 11.4. The summed E-state index contributed by atoms with van der Waals surface area (Å²) in [5.74, 6) is 0.0243. The number of aryl methyl sites for hydroxylation is 1. The lowest BCUT2D eigenvalue weighted by Crippen LogP contribution is -2.16. The van der Waals surface area contributed by atoms with Gasteiger partial charge in [0.1, 0.15) is 11.0 Å². The number of aromatic nitrogens is 3. The first-order valence-corrected chi connectivity index (χ1v) is 6.20. The zero-order chi connectivity index (χ0) is 13.8. The SMILES string of the molecule is Cc1cccnc1CC(=O)Nc1cc(Cl)nc(Cl)n1. The van der Waals surface area contributed by atoms with Crippen LogP contribution in [0.15, 0.2) is 24.4 Å². The normalized spacial score (nSPS) is 10.3. The summed E-state index contributed by atoms with van der Waals surface area (Å²) in [5.41, 5.74) is 1.67. The zero-order valence-corrected chi connectivity index (χ0v) is 11.5. The molecule has 0 saturated carbocycles. The third kappa shape index (κ3) is 3.87. The van der Waals surface area contributed by atoms with Gasteiger partial charge in [-0.1, -0.05) is 17.7 Å². The number of pyridine rings is 1. The number of halogens is 2. The van der Waals surface area contributed by atoms with E-state index in [1.165, 1.54) is 6.07 Å². The fraction of sp³-hybridized carbons (Fsp3) is 0.167. The van der Waals surface area contributed by atoms with Gasteiger partial charge in [0.05, 0.1) is 12.1 Å². The molecule has 0 aromatic carbocycles. The number of nitrogens with zero attached hydrogens (tertiary/aromatic N) is 3. The highest BCUT2D eigenvalue weighted by molar-refractivity contribution is 6.32. The maximum atomic E-state index is 11.9. The molecule has 0 atom stereocenters. The number of amides is 1. The maximum absolute atomic E-state index is 11.9. The van der Waals surface area contributed by atoms with Gasteiger partial charge < -0.3 is 5.32 Å². The van der Waals surface area contributed by atoms with Gasteiger partial charge in [-0.3, -0.25) is 9.78 Å². The molecule has 2 rings (SSSR count). The summed E-state index contributed by atoms with van der Waals surface area (Å²) in [5, 5.41) is 2.75. The molecule has 0 aliphatic carbocycles. The first-order valence-electron chi connectivity index (χ1n) is 5.45. The van der Waals surface area contributed by atoms with E-state index in [0.717, 1.165) is 5.56 Å². The van der Waals surface area contributed by atoms with Gasteiger partial charge in [0.25, 0.3) is 0 Å². The number of hydrogen-bond acceptors (Lipinski definition) is 4. The first kappa shape index (κ1) is 13.7. The van der Waals surface area contributed by atoms with Crippen molar-refractivity contribution in [3.05, 3.63) is 46.1 Å². The van der Waals surface area contributed by atoms with Crippen LogP contribution in [0.5, 0.6) is 0 Å². The lowest BCUT2D eigenvalue weighted by atomic mass is 10.1. The molecule has 1 amide bonds. The molecule has 0 fully saturated rings. The minimum absolute atomic E-state index is 0.0168. The molecule has 1 N–H and O–H groups in total. The zero-order valence-electron chi connectivity index (χ0n) is 10.0. The van der Waals surface area contributed by atoms with Gasteiger partial charge in [-0.2, -0.15) is 0 Å². The molecule has 0 aliphatic rings. The molecule has 0 radical (unpaired) electrons. The van der Waals surface area contributed by atoms with E-state index in [9.17, 15) is 4.79 Å². The number of anilines is 1. The number of carbonyl (C=O) groups excluding carboxylic acids is 1. The molecule has 7 heteroatoms. The highest BCUT2D eigenvalue weighted by atomic mass is 35.5. The van der Waals surface area contributed by atoms with Crippen molar-refractivity contribution in [1.29, 1.82) is 0 Å². The van der Waals surface area contributed by atoms with Crippen LogP contribution in [-0.2, 0) is 11.2 Å². The van der Waals surface area contributed by atoms with E-state index in [1.54, 1.807) is 6.20 Å². The highest BCUT2D eigenvalue weighted by Gasteiger charge is 2.09. The van der Waals surface area contributed by atoms with Crippen LogP contribution in [-0.4, -0.2) is 20.9 Å². The van der Waals surface area contributed by atoms with Crippen LogP contribution >= 0.6 is 23.2 Å². The lowest BCUT2D eigenvalue weighted by molar-refractivity contribution is -0.115. The van der Waals surface area contributed by atoms with Crippen LogP contribution in [0.4, 0.5) is 5.82 Å². The van der Waals surface area contributed by atoms with E-state index in [2.05, 4.69) is 20.3 Å². The van der Waals surface area contributed by atoms with E-state index in [0.29, 0.717) is 5.69 Å². The molecule has 0 saturated heterocycles. The van der Waals surface area contributed by atoms with Crippen LogP contribution < -0.4 is 5.32 Å². The van der Waals surface area contributed by atoms with Crippen molar-refractivity contribution in [2.75, 3.05) is 5.32 Å². The Morgan fingerprint density at radius 1 is 1.37 bits per heavy atom. The largest absolute Gasteiger partial charge is 0.310 e. The maximum Gasteiger partial charge on any atom is 0.231 e. The summed E-state index contributed by atoms with van der Waals surface area (Å²) < 4.78 is 0. The Morgan fingerprint density at radius 2 is 2.16 bits per heavy atom. The third-order valence-corrected chi connectivity index (χ3v) is 2.74. The fourth-order valence-electron chi connectivity index (χ4n) is 1.50. The van der Waals surface area contributed by atoms with E-state index < -0.39 is 0 Å². The fourth-order valence-corrected chi connectivity index (χ4v) is 1.91. The Balaban J connectivity index is 2.07. The van der Waals surface area contributed by atoms with E-state index >= 15 is 0 Å². The summed E-state index contributed by atoms with van der Waals surface area (Å²) in [6.07, 6.45) is 1.81. The molecule has 98 valence electrons. The molecule has 0 bridgehead atoms. The molecular weight excluding hydrogens is 287 g/mol. The molecule has 0 spiro atoms. The van der Waals surface area contributed by atoms with Crippen molar-refractivity contribution < 1.29 is 4.79 Å². The number of carbonyl (C=O) groups is 1. The Morgan fingerprint density at radius 3 is 2.84 bits per heavy atom. The van der Waals surface area contributed by atoms with Crippen LogP contribution in [0.25, 0.3) is 0 Å². The van der Waals surface area contributed by atoms with Gasteiger partial charge in [0, 0.05) is 12.3 Å². The monoisotopic (exact) mass is 296 g/mol. The number of hydrogen-bond donors (Lipinski definition) is 1. The molecule has 0 aliphatic heterocycles. The van der Waals surface area contributed by atoms with E-state index in [1.807, 2.05) is 19.1 Å². The van der Waals surface area contributed by atoms with Crippen LogP contribution in [0, 0.1) is 6.92 Å². The topological polar surface area (TPSA) is 67.8 Å². The quantitative estimate of drug-likeness (QED) is 0.698. The van der Waals surface area contributed by atoms with Crippen molar-refractivity contribution in [2.24, 2.45) is 0 Å². The molecule has 2 aromatic heterocycles. The minimum atomic E-state index is -0.243. The molecule has 5 nitrogen and oxygen atoms in total. The molecule has 0 unspecified atom stereocenters. The van der Waals surface area contributed by atoms with Gasteiger partial charge in [-0.05, 0) is 30.2 Å². The van der Waals surface area contributed by atoms with E-state index in [-0.39, 0.29) is 28.6 Å². The Bertz CT molecular complexity index is 598. The number of nitrogens with one attached hydrogen (secondary N) is 1. The van der Waals surface area contributed by atoms with Gasteiger partial charge in [-0.25, -0.2) is 9.97 Å². The molecular formula is C12H10Cl2N4O. The van der Waals surface area contributed by atoms with Crippen molar-refractivity contribution >= 4 is 34.9 Å². The van der Waals surface area contributed by atoms with E-state index in [4.69, 9.17) is 23.2 Å². The summed E-state index contributed by atoms with van der Waals surface area (Å²) in [7, 11) is 0. The van der Waals surface area contributed by atoms with Crippen LogP contribution in [0.2, 0.25) is 10.4 Å². The standard InChI is InChI=1S/C12H10Cl2N4O/c1-7-3-2-4-15-8(7)5-11(19)17-10-6-9(13)16-12(14)18-10/h2-4,6H,5H2,1H3,(H,16,17,18,19). The Hall–Kier alpha value is -1.72. The second-order valence-corrected chi connectivity index (χ2v) is 4.56. The summed E-state index contributed by atoms with van der Waals surface area (Å²) in [6, 6.07) is 5.14. The smallest absolute Gasteiger partial charge is 0.231 e. The average Bonchev–Trinajstić information content (AvgIpc) is 2.30. The second kappa shape index (κ2) is 5.95. The summed E-state index contributed by atoms with van der Waals surface area (Å²) in [4.78, 5) is 23.6. The predicted molar refractivity (Wildman–Crippen MR) is 73.4 cm³/mol. The van der Waals surface area contributed by atoms with Gasteiger partial charge >= 0.3 is 0 Å². The van der Waals surface area contributed by atoms with Gasteiger partial charge in [0.2, 0.25) is 11.2 Å². The minimum Gasteiger partial charge on any atom is -0.310 e. The second-order valence-electron chi connectivity index (χ2n) is 3.84.